The number of benzene rings is 1. The highest BCUT2D eigenvalue weighted by atomic mass is 16.5. The molecule has 1 fully saturated rings. The number of rotatable bonds is 7. The lowest BCUT2D eigenvalue weighted by Crippen LogP contribution is -2.40. The van der Waals surface area contributed by atoms with Gasteiger partial charge in [0.2, 0.25) is 11.8 Å². The van der Waals surface area contributed by atoms with Gasteiger partial charge in [-0.1, -0.05) is 17.3 Å². The molecule has 0 spiro atoms. The molecule has 3 heterocycles. The fraction of sp³-hybridized carbons (Fsp3) is 0.429. The van der Waals surface area contributed by atoms with Gasteiger partial charge in [0.1, 0.15) is 18.3 Å². The van der Waals surface area contributed by atoms with E-state index in [9.17, 15) is 4.79 Å². The molecular formula is C21H25N5O3. The van der Waals surface area contributed by atoms with E-state index in [1.54, 1.807) is 23.3 Å². The van der Waals surface area contributed by atoms with Crippen LogP contribution in [0.5, 0.6) is 5.75 Å². The number of hydrogen-bond acceptors (Lipinski definition) is 6. The van der Waals surface area contributed by atoms with Gasteiger partial charge >= 0.3 is 0 Å². The third-order valence-electron chi connectivity index (χ3n) is 5.05. The molecule has 8 nitrogen and oxygen atoms in total. The number of carbonyl (C=O) groups excluding carboxylic acids is 1. The first-order valence-corrected chi connectivity index (χ1v) is 9.96. The molecule has 1 aliphatic rings. The van der Waals surface area contributed by atoms with Crippen LogP contribution in [0, 0.1) is 6.92 Å². The Labute approximate surface area is 169 Å². The Morgan fingerprint density at radius 2 is 2.28 bits per heavy atom. The van der Waals surface area contributed by atoms with Gasteiger partial charge < -0.3 is 18.7 Å². The smallest absolute Gasteiger partial charge is 0.249 e. The predicted octanol–water partition coefficient (Wildman–Crippen LogP) is 2.95. The number of ether oxygens (including phenoxy) is 1. The van der Waals surface area contributed by atoms with Crippen LogP contribution in [0.25, 0.3) is 0 Å². The third kappa shape index (κ3) is 4.82. The molecule has 3 aromatic rings. The van der Waals surface area contributed by atoms with E-state index in [-0.39, 0.29) is 18.5 Å². The van der Waals surface area contributed by atoms with Gasteiger partial charge in [-0.3, -0.25) is 4.79 Å². The second-order valence-corrected chi connectivity index (χ2v) is 7.30. The molecular weight excluding hydrogens is 370 g/mol. The van der Waals surface area contributed by atoms with Crippen LogP contribution in [0.15, 0.2) is 47.5 Å². The molecule has 0 saturated carbocycles. The minimum absolute atomic E-state index is 0.0373. The van der Waals surface area contributed by atoms with Gasteiger partial charge in [0, 0.05) is 25.4 Å². The molecule has 1 saturated heterocycles. The van der Waals surface area contributed by atoms with Gasteiger partial charge in [0.05, 0.1) is 12.9 Å². The molecule has 4 rings (SSSR count). The Morgan fingerprint density at radius 3 is 3.10 bits per heavy atom. The summed E-state index contributed by atoms with van der Waals surface area (Å²) >= 11 is 0. The molecule has 0 radical (unpaired) electrons. The van der Waals surface area contributed by atoms with Crippen LogP contribution in [-0.4, -0.2) is 43.7 Å². The quantitative estimate of drug-likeness (QED) is 0.611. The van der Waals surface area contributed by atoms with E-state index < -0.39 is 0 Å². The van der Waals surface area contributed by atoms with Gasteiger partial charge in [-0.2, -0.15) is 4.98 Å². The Kier molecular flexibility index (Phi) is 5.88. The van der Waals surface area contributed by atoms with Crippen molar-refractivity contribution in [3.8, 4) is 5.75 Å². The molecule has 1 unspecified atom stereocenters. The number of nitrogens with zero attached hydrogens (tertiary/aromatic N) is 5. The number of piperidine rings is 1. The molecule has 0 bridgehead atoms. The second-order valence-electron chi connectivity index (χ2n) is 7.30. The third-order valence-corrected chi connectivity index (χ3v) is 5.05. The van der Waals surface area contributed by atoms with Crippen molar-refractivity contribution in [3.05, 3.63) is 60.3 Å². The minimum atomic E-state index is -0.168. The lowest BCUT2D eigenvalue weighted by atomic mass is 10.0. The second kappa shape index (κ2) is 8.89. The molecule has 2 aromatic heterocycles. The molecule has 8 heteroatoms. The largest absolute Gasteiger partial charge is 0.493 e. The standard InChI is InChI=1S/C21H25N5O3/c1-16-5-4-6-17(13-16)28-12-8-19-23-21(29-24-19)18-7-2-3-10-26(18)20(27)14-25-11-9-22-15-25/h4-6,9,11,13,15,18H,2-3,7-8,10,12,14H2,1H3. The lowest BCUT2D eigenvalue weighted by molar-refractivity contribution is -0.136. The van der Waals surface area contributed by atoms with E-state index in [1.165, 1.54) is 0 Å². The van der Waals surface area contributed by atoms with E-state index in [0.717, 1.165) is 30.6 Å². The Hall–Kier alpha value is -3.16. The molecule has 29 heavy (non-hydrogen) atoms. The maximum Gasteiger partial charge on any atom is 0.249 e. The molecule has 0 aliphatic carbocycles. The first-order chi connectivity index (χ1) is 14.2. The van der Waals surface area contributed by atoms with E-state index in [2.05, 4.69) is 15.1 Å². The van der Waals surface area contributed by atoms with Crippen LogP contribution in [-0.2, 0) is 17.8 Å². The summed E-state index contributed by atoms with van der Waals surface area (Å²) in [6, 6.07) is 7.75. The average molecular weight is 395 g/mol. The number of likely N-dealkylation sites (tertiary alicyclic amines) is 1. The molecule has 1 amide bonds. The maximum atomic E-state index is 12.8. The van der Waals surface area contributed by atoms with Crippen LogP contribution in [0.3, 0.4) is 0 Å². The van der Waals surface area contributed by atoms with E-state index in [4.69, 9.17) is 9.26 Å². The zero-order valence-corrected chi connectivity index (χ0v) is 16.5. The van der Waals surface area contributed by atoms with Crippen molar-refractivity contribution in [2.45, 2.75) is 45.2 Å². The Morgan fingerprint density at radius 1 is 1.34 bits per heavy atom. The number of imidazole rings is 1. The summed E-state index contributed by atoms with van der Waals surface area (Å²) in [5, 5.41) is 4.09. The van der Waals surface area contributed by atoms with Crippen molar-refractivity contribution in [2.75, 3.05) is 13.2 Å². The Balaban J connectivity index is 1.36. The van der Waals surface area contributed by atoms with Crippen LogP contribution < -0.4 is 4.74 Å². The van der Waals surface area contributed by atoms with E-state index in [1.807, 2.05) is 36.1 Å². The van der Waals surface area contributed by atoms with Crippen molar-refractivity contribution >= 4 is 5.91 Å². The van der Waals surface area contributed by atoms with Crippen LogP contribution in [0.2, 0.25) is 0 Å². The van der Waals surface area contributed by atoms with Gasteiger partial charge in [-0.15, -0.1) is 0 Å². The van der Waals surface area contributed by atoms with Gasteiger partial charge in [-0.05, 0) is 43.9 Å². The highest BCUT2D eigenvalue weighted by Crippen LogP contribution is 2.30. The number of carbonyl (C=O) groups is 1. The summed E-state index contributed by atoms with van der Waals surface area (Å²) in [5.41, 5.74) is 1.15. The van der Waals surface area contributed by atoms with Crippen molar-refractivity contribution < 1.29 is 14.1 Å². The van der Waals surface area contributed by atoms with E-state index >= 15 is 0 Å². The van der Waals surface area contributed by atoms with Crippen LogP contribution in [0.4, 0.5) is 0 Å². The molecule has 1 aromatic carbocycles. The van der Waals surface area contributed by atoms with Gasteiger partial charge in [0.25, 0.3) is 0 Å². The average Bonchev–Trinajstić information content (AvgIpc) is 3.40. The van der Waals surface area contributed by atoms with Crippen molar-refractivity contribution in [2.24, 2.45) is 0 Å². The lowest BCUT2D eigenvalue weighted by Gasteiger charge is -2.33. The van der Waals surface area contributed by atoms with Crippen molar-refractivity contribution in [1.29, 1.82) is 0 Å². The number of aromatic nitrogens is 4. The van der Waals surface area contributed by atoms with Crippen molar-refractivity contribution in [1.82, 2.24) is 24.6 Å². The zero-order valence-electron chi connectivity index (χ0n) is 16.5. The predicted molar refractivity (Wildman–Crippen MR) is 105 cm³/mol. The van der Waals surface area contributed by atoms with Gasteiger partial charge in [-0.25, -0.2) is 4.98 Å². The van der Waals surface area contributed by atoms with Crippen molar-refractivity contribution in [3.63, 3.8) is 0 Å². The SMILES string of the molecule is Cc1cccc(OCCc2noc(C3CCCCN3C(=O)Cn3ccnc3)n2)c1. The monoisotopic (exact) mass is 395 g/mol. The number of aryl methyl sites for hydroxylation is 1. The summed E-state index contributed by atoms with van der Waals surface area (Å²) < 4.78 is 13.1. The van der Waals surface area contributed by atoms with Crippen LogP contribution in [0.1, 0.15) is 42.6 Å². The summed E-state index contributed by atoms with van der Waals surface area (Å²) in [4.78, 5) is 23.2. The van der Waals surface area contributed by atoms with Crippen LogP contribution >= 0.6 is 0 Å². The summed E-state index contributed by atoms with van der Waals surface area (Å²) in [6.07, 6.45) is 8.51. The minimum Gasteiger partial charge on any atom is -0.493 e. The normalized spacial score (nSPS) is 16.7. The molecule has 152 valence electrons. The first-order valence-electron chi connectivity index (χ1n) is 9.96. The summed E-state index contributed by atoms with van der Waals surface area (Å²) in [7, 11) is 0. The Bertz CT molecular complexity index is 937. The molecule has 0 N–H and O–H groups in total. The zero-order chi connectivity index (χ0) is 20.1. The highest BCUT2D eigenvalue weighted by Gasteiger charge is 2.32. The molecule has 1 atom stereocenters. The fourth-order valence-corrected chi connectivity index (χ4v) is 3.58. The maximum absolute atomic E-state index is 12.8. The first kappa shape index (κ1) is 19.2. The topological polar surface area (TPSA) is 86.3 Å². The molecule has 1 aliphatic heterocycles. The van der Waals surface area contributed by atoms with E-state index in [0.29, 0.717) is 31.3 Å². The summed E-state index contributed by atoms with van der Waals surface area (Å²) in [6.45, 7) is 3.47. The van der Waals surface area contributed by atoms with Gasteiger partial charge in [0.15, 0.2) is 5.82 Å². The summed E-state index contributed by atoms with van der Waals surface area (Å²) in [5.74, 6) is 1.97. The number of hydrogen-bond donors (Lipinski definition) is 0. The fourth-order valence-electron chi connectivity index (χ4n) is 3.58. The number of amides is 1. The highest BCUT2D eigenvalue weighted by molar-refractivity contribution is 5.76.